The van der Waals surface area contributed by atoms with Crippen molar-refractivity contribution in [3.05, 3.63) is 46.5 Å². The van der Waals surface area contributed by atoms with Crippen molar-refractivity contribution < 1.29 is 4.42 Å². The highest BCUT2D eigenvalue weighted by Crippen LogP contribution is 2.27. The van der Waals surface area contributed by atoms with Crippen molar-refractivity contribution in [2.45, 2.75) is 32.7 Å². The number of fused-ring (bicyclic) bond motifs is 1. The molecule has 0 radical (unpaired) electrons. The SMILES string of the molecule is Cc1ccc(CN(C)c2nc3c(cc2C(N)=S)CCC3)o1. The Morgan fingerprint density at radius 1 is 1.43 bits per heavy atom. The molecule has 0 atom stereocenters. The third-order valence-corrected chi connectivity index (χ3v) is 4.07. The van der Waals surface area contributed by atoms with Gasteiger partial charge in [0.25, 0.3) is 0 Å². The van der Waals surface area contributed by atoms with Crippen LogP contribution in [0.5, 0.6) is 0 Å². The average molecular weight is 301 g/mol. The van der Waals surface area contributed by atoms with Crippen LogP contribution in [0.3, 0.4) is 0 Å². The van der Waals surface area contributed by atoms with E-state index < -0.39 is 0 Å². The Morgan fingerprint density at radius 2 is 2.24 bits per heavy atom. The molecule has 5 heteroatoms. The number of aryl methyl sites for hydroxylation is 3. The van der Waals surface area contributed by atoms with Crippen LogP contribution in [0.4, 0.5) is 5.82 Å². The van der Waals surface area contributed by atoms with Crippen LogP contribution in [-0.4, -0.2) is 17.0 Å². The Balaban J connectivity index is 1.94. The van der Waals surface area contributed by atoms with Crippen molar-refractivity contribution in [1.82, 2.24) is 4.98 Å². The smallest absolute Gasteiger partial charge is 0.139 e. The maximum absolute atomic E-state index is 5.89. The number of rotatable bonds is 4. The fraction of sp³-hybridized carbons (Fsp3) is 0.375. The number of hydrogen-bond donors (Lipinski definition) is 1. The van der Waals surface area contributed by atoms with Gasteiger partial charge in [-0.25, -0.2) is 4.98 Å². The Labute approximate surface area is 130 Å². The van der Waals surface area contributed by atoms with Gasteiger partial charge in [-0.1, -0.05) is 12.2 Å². The van der Waals surface area contributed by atoms with Crippen LogP contribution in [0.2, 0.25) is 0 Å². The van der Waals surface area contributed by atoms with E-state index in [1.165, 1.54) is 11.3 Å². The van der Waals surface area contributed by atoms with Crippen LogP contribution in [0, 0.1) is 6.92 Å². The average Bonchev–Trinajstić information content (AvgIpc) is 3.05. The summed E-state index contributed by atoms with van der Waals surface area (Å²) in [5.41, 5.74) is 9.20. The van der Waals surface area contributed by atoms with Crippen LogP contribution >= 0.6 is 12.2 Å². The minimum atomic E-state index is 0.398. The Bertz CT molecular complexity index is 693. The van der Waals surface area contributed by atoms with E-state index in [2.05, 4.69) is 6.07 Å². The zero-order valence-corrected chi connectivity index (χ0v) is 13.2. The fourth-order valence-corrected chi connectivity index (χ4v) is 2.96. The molecule has 0 amide bonds. The summed E-state index contributed by atoms with van der Waals surface area (Å²) >= 11 is 5.20. The molecule has 0 fully saturated rings. The van der Waals surface area contributed by atoms with Gasteiger partial charge in [0.1, 0.15) is 22.3 Å². The number of thiocarbonyl (C=S) groups is 1. The summed E-state index contributed by atoms with van der Waals surface area (Å²) < 4.78 is 5.64. The summed E-state index contributed by atoms with van der Waals surface area (Å²) in [5, 5.41) is 0. The second kappa shape index (κ2) is 5.48. The molecule has 3 rings (SSSR count). The molecule has 0 aromatic carbocycles. The van der Waals surface area contributed by atoms with Crippen molar-refractivity contribution in [2.24, 2.45) is 5.73 Å². The lowest BCUT2D eigenvalue weighted by Crippen LogP contribution is -2.23. The van der Waals surface area contributed by atoms with Crippen LogP contribution in [0.15, 0.2) is 22.6 Å². The van der Waals surface area contributed by atoms with Crippen LogP contribution in [0.1, 0.15) is 34.8 Å². The molecule has 0 saturated carbocycles. The number of anilines is 1. The molecule has 4 nitrogen and oxygen atoms in total. The standard InChI is InChI=1S/C16H19N3OS/c1-10-6-7-12(20-10)9-19(2)16-13(15(17)21)8-11-4-3-5-14(11)18-16/h6-8H,3-5,9H2,1-2H3,(H2,17,21). The van der Waals surface area contributed by atoms with Crippen LogP contribution in [-0.2, 0) is 19.4 Å². The topological polar surface area (TPSA) is 55.3 Å². The van der Waals surface area contributed by atoms with Gasteiger partial charge in [-0.3, -0.25) is 0 Å². The van der Waals surface area contributed by atoms with E-state index in [4.69, 9.17) is 27.4 Å². The second-order valence-electron chi connectivity index (χ2n) is 5.55. The molecule has 2 N–H and O–H groups in total. The number of aromatic nitrogens is 1. The van der Waals surface area contributed by atoms with Crippen molar-refractivity contribution in [2.75, 3.05) is 11.9 Å². The number of pyridine rings is 1. The van der Waals surface area contributed by atoms with Crippen molar-refractivity contribution in [3.8, 4) is 0 Å². The minimum absolute atomic E-state index is 0.398. The van der Waals surface area contributed by atoms with Gasteiger partial charge in [0, 0.05) is 12.7 Å². The van der Waals surface area contributed by atoms with Gasteiger partial charge in [0.05, 0.1) is 12.1 Å². The number of hydrogen-bond acceptors (Lipinski definition) is 4. The van der Waals surface area contributed by atoms with Crippen molar-refractivity contribution in [3.63, 3.8) is 0 Å². The summed E-state index contributed by atoms with van der Waals surface area (Å²) in [5.74, 6) is 2.67. The van der Waals surface area contributed by atoms with E-state index in [9.17, 15) is 0 Å². The first-order valence-corrected chi connectivity index (χ1v) is 7.54. The summed E-state index contributed by atoms with van der Waals surface area (Å²) in [6.45, 7) is 2.59. The van der Waals surface area contributed by atoms with Gasteiger partial charge >= 0.3 is 0 Å². The number of nitrogens with two attached hydrogens (primary N) is 1. The summed E-state index contributed by atoms with van der Waals surface area (Å²) in [6.07, 6.45) is 3.26. The predicted molar refractivity (Wildman–Crippen MR) is 87.7 cm³/mol. The Hall–Kier alpha value is -1.88. The van der Waals surface area contributed by atoms with Gasteiger partial charge in [0.15, 0.2) is 0 Å². The van der Waals surface area contributed by atoms with Crippen molar-refractivity contribution in [1.29, 1.82) is 0 Å². The molecule has 0 saturated heterocycles. The maximum atomic E-state index is 5.89. The van der Waals surface area contributed by atoms with Gasteiger partial charge < -0.3 is 15.1 Å². The zero-order valence-electron chi connectivity index (χ0n) is 12.3. The molecule has 110 valence electrons. The van der Waals surface area contributed by atoms with Gasteiger partial charge in [0.2, 0.25) is 0 Å². The lowest BCUT2D eigenvalue weighted by atomic mass is 10.1. The molecule has 2 aromatic heterocycles. The first-order chi connectivity index (χ1) is 10.0. The van der Waals surface area contributed by atoms with Crippen LogP contribution in [0.25, 0.3) is 0 Å². The quantitative estimate of drug-likeness (QED) is 0.880. The largest absolute Gasteiger partial charge is 0.464 e. The van der Waals surface area contributed by atoms with E-state index in [0.29, 0.717) is 11.5 Å². The molecule has 21 heavy (non-hydrogen) atoms. The summed E-state index contributed by atoms with van der Waals surface area (Å²) in [4.78, 5) is 7.24. The molecule has 2 heterocycles. The monoisotopic (exact) mass is 301 g/mol. The minimum Gasteiger partial charge on any atom is -0.464 e. The van der Waals surface area contributed by atoms with Gasteiger partial charge in [-0.15, -0.1) is 0 Å². The molecule has 0 bridgehead atoms. The maximum Gasteiger partial charge on any atom is 0.139 e. The Kier molecular flexibility index (Phi) is 3.68. The van der Waals surface area contributed by atoms with E-state index in [-0.39, 0.29) is 0 Å². The third-order valence-electron chi connectivity index (χ3n) is 3.85. The number of nitrogens with zero attached hydrogens (tertiary/aromatic N) is 2. The highest BCUT2D eigenvalue weighted by molar-refractivity contribution is 7.80. The second-order valence-corrected chi connectivity index (χ2v) is 5.99. The molecule has 2 aromatic rings. The molecule has 0 aliphatic heterocycles. The van der Waals surface area contributed by atoms with Gasteiger partial charge in [-0.2, -0.15) is 0 Å². The van der Waals surface area contributed by atoms with E-state index >= 15 is 0 Å². The normalized spacial score (nSPS) is 13.2. The predicted octanol–water partition coefficient (Wildman–Crippen LogP) is 2.74. The Morgan fingerprint density at radius 3 is 2.90 bits per heavy atom. The molecular weight excluding hydrogens is 282 g/mol. The molecular formula is C16H19N3OS. The first-order valence-electron chi connectivity index (χ1n) is 7.13. The van der Waals surface area contributed by atoms with Crippen LogP contribution < -0.4 is 10.6 Å². The highest BCUT2D eigenvalue weighted by Gasteiger charge is 2.20. The third kappa shape index (κ3) is 2.78. The molecule has 0 unspecified atom stereocenters. The van der Waals surface area contributed by atoms with Gasteiger partial charge in [-0.05, 0) is 49.9 Å². The summed E-state index contributed by atoms with van der Waals surface area (Å²) in [6, 6.07) is 6.06. The summed E-state index contributed by atoms with van der Waals surface area (Å²) in [7, 11) is 1.99. The fourth-order valence-electron chi connectivity index (χ4n) is 2.81. The number of furan rings is 1. The molecule has 0 spiro atoms. The van der Waals surface area contributed by atoms with E-state index in [0.717, 1.165) is 42.2 Å². The first kappa shape index (κ1) is 14.1. The van der Waals surface area contributed by atoms with E-state index in [1.807, 2.05) is 31.0 Å². The highest BCUT2D eigenvalue weighted by atomic mass is 32.1. The molecule has 1 aliphatic carbocycles. The van der Waals surface area contributed by atoms with E-state index in [1.54, 1.807) is 0 Å². The lowest BCUT2D eigenvalue weighted by molar-refractivity contribution is 0.481. The molecule has 1 aliphatic rings. The lowest BCUT2D eigenvalue weighted by Gasteiger charge is -2.21. The van der Waals surface area contributed by atoms with Crippen molar-refractivity contribution >= 4 is 23.0 Å². The zero-order chi connectivity index (χ0) is 15.0.